The van der Waals surface area contributed by atoms with Crippen molar-refractivity contribution in [3.63, 3.8) is 0 Å². The SMILES string of the molecule is [2H]C1([2H])CCC([2H])([2H])C1[C@]([2H])(CC#N)n1cc(-c2ncnc3[nH]ccc23)cn1. The minimum absolute atomic E-state index is 0.000728. The molecule has 23 heavy (non-hydrogen) atoms. The van der Waals surface area contributed by atoms with Crippen LogP contribution in [-0.2, 0) is 0 Å². The van der Waals surface area contributed by atoms with Crippen molar-refractivity contribution >= 4 is 11.0 Å². The molecule has 1 atom stereocenters. The number of aromatic nitrogens is 5. The van der Waals surface area contributed by atoms with Crippen LogP contribution in [-0.4, -0.2) is 24.7 Å². The van der Waals surface area contributed by atoms with E-state index in [1.807, 2.05) is 12.1 Å². The first-order valence-electron chi connectivity index (χ1n) is 9.90. The Morgan fingerprint density at radius 3 is 3.17 bits per heavy atom. The highest BCUT2D eigenvalue weighted by Crippen LogP contribution is 2.36. The van der Waals surface area contributed by atoms with E-state index in [1.54, 1.807) is 6.20 Å². The van der Waals surface area contributed by atoms with Crippen molar-refractivity contribution in [1.29, 1.82) is 5.26 Å². The fourth-order valence-electron chi connectivity index (χ4n) is 2.84. The van der Waals surface area contributed by atoms with Gasteiger partial charge in [0.25, 0.3) is 0 Å². The maximum atomic E-state index is 9.32. The van der Waals surface area contributed by atoms with Gasteiger partial charge in [0.15, 0.2) is 0 Å². The molecule has 6 nitrogen and oxygen atoms in total. The lowest BCUT2D eigenvalue weighted by Crippen LogP contribution is -2.17. The minimum atomic E-state index is -1.92. The van der Waals surface area contributed by atoms with Crippen LogP contribution in [0.4, 0.5) is 0 Å². The summed E-state index contributed by atoms with van der Waals surface area (Å²) < 4.78 is 43.2. The van der Waals surface area contributed by atoms with Gasteiger partial charge in [-0.25, -0.2) is 9.97 Å². The Morgan fingerprint density at radius 2 is 2.35 bits per heavy atom. The van der Waals surface area contributed by atoms with Crippen molar-refractivity contribution in [2.75, 3.05) is 0 Å². The van der Waals surface area contributed by atoms with Gasteiger partial charge in [-0.05, 0) is 24.7 Å². The largest absolute Gasteiger partial charge is 0.346 e. The molecule has 1 saturated carbocycles. The van der Waals surface area contributed by atoms with Crippen molar-refractivity contribution in [3.8, 4) is 17.3 Å². The molecular formula is C17H18N6. The van der Waals surface area contributed by atoms with E-state index in [4.69, 9.17) is 6.85 Å². The number of nitriles is 1. The second kappa shape index (κ2) is 5.84. The van der Waals surface area contributed by atoms with Gasteiger partial charge in [0.1, 0.15) is 12.0 Å². The Hall–Kier alpha value is -2.68. The minimum Gasteiger partial charge on any atom is -0.346 e. The molecule has 0 amide bonds. The van der Waals surface area contributed by atoms with Gasteiger partial charge in [-0.1, -0.05) is 12.8 Å². The van der Waals surface area contributed by atoms with Gasteiger partial charge >= 0.3 is 0 Å². The van der Waals surface area contributed by atoms with Crippen molar-refractivity contribution < 1.29 is 6.85 Å². The third-order valence-corrected chi connectivity index (χ3v) is 3.92. The summed E-state index contributed by atoms with van der Waals surface area (Å²) in [5.41, 5.74) is 1.82. The van der Waals surface area contributed by atoms with Gasteiger partial charge in [-0.3, -0.25) is 4.68 Å². The number of fused-ring (bicyclic) bond motifs is 1. The summed E-state index contributed by atoms with van der Waals surface area (Å²) >= 11 is 0. The maximum Gasteiger partial charge on any atom is 0.141 e. The number of nitrogens with one attached hydrogen (secondary N) is 1. The van der Waals surface area contributed by atoms with E-state index in [0.29, 0.717) is 16.9 Å². The van der Waals surface area contributed by atoms with E-state index in [9.17, 15) is 5.26 Å². The molecule has 1 aliphatic rings. The fourth-order valence-corrected chi connectivity index (χ4v) is 2.84. The molecule has 3 aromatic heterocycles. The molecule has 0 unspecified atom stereocenters. The first-order valence-corrected chi connectivity index (χ1v) is 7.40. The molecule has 0 aromatic carbocycles. The lowest BCUT2D eigenvalue weighted by atomic mass is 9.96. The number of hydrogen-bond donors (Lipinski definition) is 1. The quantitative estimate of drug-likeness (QED) is 0.799. The third kappa shape index (κ3) is 2.48. The molecule has 1 fully saturated rings. The molecule has 0 radical (unpaired) electrons. The van der Waals surface area contributed by atoms with Gasteiger partial charge in [0, 0.05) is 28.8 Å². The van der Waals surface area contributed by atoms with Crippen molar-refractivity contribution in [3.05, 3.63) is 31.0 Å². The number of nitrogens with zero attached hydrogens (tertiary/aromatic N) is 5. The second-order valence-corrected chi connectivity index (χ2v) is 5.30. The molecule has 4 rings (SSSR count). The molecule has 3 aromatic rings. The molecule has 0 aliphatic heterocycles. The summed E-state index contributed by atoms with van der Waals surface area (Å²) in [5, 5.41) is 14.3. The van der Waals surface area contributed by atoms with Crippen LogP contribution >= 0.6 is 0 Å². The zero-order valence-corrected chi connectivity index (χ0v) is 12.3. The van der Waals surface area contributed by atoms with E-state index < -0.39 is 24.7 Å². The summed E-state index contributed by atoms with van der Waals surface area (Å²) in [6.45, 7) is 0. The summed E-state index contributed by atoms with van der Waals surface area (Å²) in [4.78, 5) is 11.4. The van der Waals surface area contributed by atoms with E-state index in [1.165, 1.54) is 23.4 Å². The Kier molecular flexibility index (Phi) is 2.40. The summed E-state index contributed by atoms with van der Waals surface area (Å²) in [7, 11) is 0. The smallest absolute Gasteiger partial charge is 0.141 e. The second-order valence-electron chi connectivity index (χ2n) is 5.30. The van der Waals surface area contributed by atoms with Gasteiger partial charge in [-0.15, -0.1) is 0 Å². The van der Waals surface area contributed by atoms with Crippen LogP contribution in [0.15, 0.2) is 31.0 Å². The molecule has 1 aliphatic carbocycles. The van der Waals surface area contributed by atoms with Gasteiger partial charge in [0.2, 0.25) is 0 Å². The van der Waals surface area contributed by atoms with Crippen LogP contribution in [0.25, 0.3) is 22.3 Å². The highest BCUT2D eigenvalue weighted by molar-refractivity contribution is 5.89. The van der Waals surface area contributed by atoms with Crippen molar-refractivity contribution in [1.82, 2.24) is 24.7 Å². The van der Waals surface area contributed by atoms with Crippen LogP contribution in [0.2, 0.25) is 0 Å². The zero-order chi connectivity index (χ0) is 20.2. The molecule has 0 spiro atoms. The molecule has 6 heteroatoms. The van der Waals surface area contributed by atoms with Crippen LogP contribution in [0.1, 0.15) is 44.9 Å². The maximum absolute atomic E-state index is 9.32. The molecule has 116 valence electrons. The third-order valence-electron chi connectivity index (χ3n) is 3.92. The molecule has 0 bridgehead atoms. The van der Waals surface area contributed by atoms with Crippen molar-refractivity contribution in [2.45, 2.75) is 38.0 Å². The lowest BCUT2D eigenvalue weighted by Gasteiger charge is -2.21. The standard InChI is InChI=1S/C17H18N6/c18-7-5-15(12-3-1-2-4-12)23-10-13(9-22-23)16-14-6-8-19-17(14)21-11-20-16/h6,8-12,15H,1-5H2,(H,19,20,21)/t15-/m0/s1/i3D2,4D2,15D. The van der Waals surface area contributed by atoms with Crippen LogP contribution in [0.5, 0.6) is 0 Å². The van der Waals surface area contributed by atoms with E-state index in [0.717, 1.165) is 5.39 Å². The van der Waals surface area contributed by atoms with Gasteiger partial charge in [-0.2, -0.15) is 10.4 Å². The molecule has 3 heterocycles. The number of rotatable bonds is 4. The Bertz CT molecular complexity index is 1050. The molecule has 0 saturated heterocycles. The average molecular weight is 311 g/mol. The van der Waals surface area contributed by atoms with E-state index in [2.05, 4.69) is 20.1 Å². The Balaban J connectivity index is 1.82. The first kappa shape index (κ1) is 9.46. The monoisotopic (exact) mass is 311 g/mol. The van der Waals surface area contributed by atoms with Crippen LogP contribution < -0.4 is 0 Å². The lowest BCUT2D eigenvalue weighted by molar-refractivity contribution is 0.315. The van der Waals surface area contributed by atoms with E-state index in [-0.39, 0.29) is 19.3 Å². The Labute approximate surface area is 141 Å². The zero-order valence-electron chi connectivity index (χ0n) is 17.3. The van der Waals surface area contributed by atoms with Gasteiger partial charge in [0.05, 0.1) is 31.8 Å². The molecular weight excluding hydrogens is 288 g/mol. The topological polar surface area (TPSA) is 83.2 Å². The first-order chi connectivity index (χ1) is 13.2. The highest BCUT2D eigenvalue weighted by atomic mass is 15.3. The van der Waals surface area contributed by atoms with Crippen molar-refractivity contribution in [2.24, 2.45) is 5.92 Å². The summed E-state index contributed by atoms with van der Waals surface area (Å²) in [5.74, 6) is -1.34. The number of H-pyrrole nitrogens is 1. The van der Waals surface area contributed by atoms with Gasteiger partial charge < -0.3 is 4.98 Å². The Morgan fingerprint density at radius 1 is 1.48 bits per heavy atom. The number of aromatic amines is 1. The predicted octanol–water partition coefficient (Wildman–Crippen LogP) is 3.47. The predicted molar refractivity (Wildman–Crippen MR) is 86.3 cm³/mol. The summed E-state index contributed by atoms with van der Waals surface area (Å²) in [6.07, 6.45) is 1.94. The normalized spacial score (nSPS) is 25.6. The number of hydrogen-bond acceptors (Lipinski definition) is 4. The van der Waals surface area contributed by atoms with Crippen LogP contribution in [0, 0.1) is 17.2 Å². The highest BCUT2D eigenvalue weighted by Gasteiger charge is 2.27. The fraction of sp³-hybridized carbons (Fsp3) is 0.412. The van der Waals surface area contributed by atoms with Crippen LogP contribution in [0.3, 0.4) is 0 Å². The van der Waals surface area contributed by atoms with E-state index >= 15 is 0 Å². The molecule has 1 N–H and O–H groups in total. The summed E-state index contributed by atoms with van der Waals surface area (Å²) in [6, 6.07) is 1.85. The average Bonchev–Trinajstić information content (AvgIpc) is 3.33.